The maximum absolute atomic E-state index is 13.6. The third-order valence-corrected chi connectivity index (χ3v) is 10.8. The van der Waals surface area contributed by atoms with Crippen molar-refractivity contribution in [2.24, 2.45) is 26.8 Å². The highest BCUT2D eigenvalue weighted by Gasteiger charge is 2.40. The monoisotopic (exact) mass is 764 g/mol. The number of aliphatic imine (C=N–C) groups is 3. The van der Waals surface area contributed by atoms with E-state index in [4.69, 9.17) is 19.5 Å². The van der Waals surface area contributed by atoms with Gasteiger partial charge in [0, 0.05) is 36.6 Å². The molecule has 1 aromatic carbocycles. The molecular formula is C40H48N10O6. The van der Waals surface area contributed by atoms with Gasteiger partial charge in [0.25, 0.3) is 0 Å². The first kappa shape index (κ1) is 38.2. The zero-order chi connectivity index (χ0) is 39.7. The number of nitrogens with zero attached hydrogens (tertiary/aromatic N) is 6. The van der Waals surface area contributed by atoms with Crippen LogP contribution in [0, 0.1) is 11.8 Å². The van der Waals surface area contributed by atoms with Gasteiger partial charge in [-0.15, -0.1) is 0 Å². The Kier molecular flexibility index (Phi) is 10.9. The number of benzene rings is 1. The number of alkyl carbamates (subject to hydrolysis) is 2. The number of imidazole rings is 1. The van der Waals surface area contributed by atoms with Crippen LogP contribution in [0.5, 0.6) is 0 Å². The molecular weight excluding hydrogens is 717 g/mol. The van der Waals surface area contributed by atoms with Crippen molar-refractivity contribution in [2.45, 2.75) is 77.5 Å². The van der Waals surface area contributed by atoms with E-state index < -0.39 is 24.3 Å². The Morgan fingerprint density at radius 1 is 0.804 bits per heavy atom. The highest BCUT2D eigenvalue weighted by Crippen LogP contribution is 2.37. The molecule has 2 fully saturated rings. The number of carbonyl (C=O) groups is 4. The Labute approximate surface area is 325 Å². The van der Waals surface area contributed by atoms with E-state index in [9.17, 15) is 19.2 Å². The third kappa shape index (κ3) is 7.34. The van der Waals surface area contributed by atoms with Gasteiger partial charge in [-0.1, -0.05) is 52.0 Å². The van der Waals surface area contributed by atoms with Crippen molar-refractivity contribution < 1.29 is 28.7 Å². The molecule has 16 nitrogen and oxygen atoms in total. The van der Waals surface area contributed by atoms with E-state index in [2.05, 4.69) is 30.6 Å². The predicted octanol–water partition coefficient (Wildman–Crippen LogP) is 5.07. The summed E-state index contributed by atoms with van der Waals surface area (Å²) < 4.78 is 9.51. The summed E-state index contributed by atoms with van der Waals surface area (Å²) in [6, 6.07) is 6.18. The van der Waals surface area contributed by atoms with E-state index in [1.807, 2.05) is 64.4 Å². The van der Waals surface area contributed by atoms with Crippen LogP contribution in [0.4, 0.5) is 9.59 Å². The Hall–Kier alpha value is -6.06. The van der Waals surface area contributed by atoms with Crippen LogP contribution in [0.3, 0.4) is 0 Å². The molecule has 2 saturated heterocycles. The summed E-state index contributed by atoms with van der Waals surface area (Å²) in [6.45, 7) is 8.69. The topological polar surface area (TPSA) is 199 Å². The van der Waals surface area contributed by atoms with Gasteiger partial charge < -0.3 is 39.9 Å². The fraction of sp³-hybridized carbons (Fsp3) is 0.450. The number of carbonyl (C=O) groups excluding carboxylic acids is 4. The van der Waals surface area contributed by atoms with Crippen molar-refractivity contribution >= 4 is 48.0 Å². The van der Waals surface area contributed by atoms with Crippen LogP contribution in [-0.4, -0.2) is 112 Å². The standard InChI is InChI=1S/C40H48N10O6/c1-21(2)31(47-39(53)55-5)37(51)49-15-7-9-29(49)35-43-19-27(45-35)23-11-13-24(14-12-23)33-25-17-42-34(26(25)18-41-33)28-20-44-36(46-28)30-10-8-16-50(30)38(52)32(22(3)4)48-40(54)56-6/h11-14,17-22,29-32,41H,7-10,15-16H2,1-6H3,(H,43,45)(H,47,53)(H,48,54)/t29?,30?,31-,32-/m0/s1. The van der Waals surface area contributed by atoms with Gasteiger partial charge >= 0.3 is 12.2 Å². The van der Waals surface area contributed by atoms with E-state index in [0.717, 1.165) is 59.3 Å². The number of methoxy groups -OCH3 is 2. The number of hydrogen-bond donors (Lipinski definition) is 4. The second-order valence-corrected chi connectivity index (χ2v) is 15.1. The summed E-state index contributed by atoms with van der Waals surface area (Å²) in [5.41, 5.74) is 6.85. The van der Waals surface area contributed by atoms with Gasteiger partial charge in [-0.2, -0.15) is 0 Å². The minimum absolute atomic E-state index is 0.115. The highest BCUT2D eigenvalue weighted by atomic mass is 16.5. The van der Waals surface area contributed by atoms with Gasteiger partial charge in [-0.3, -0.25) is 14.6 Å². The van der Waals surface area contributed by atoms with E-state index in [0.29, 0.717) is 36.1 Å². The van der Waals surface area contributed by atoms with Gasteiger partial charge in [-0.05, 0) is 48.6 Å². The molecule has 4 aliphatic rings. The number of aromatic nitrogens is 3. The van der Waals surface area contributed by atoms with Gasteiger partial charge in [0.2, 0.25) is 11.8 Å². The molecule has 4 aliphatic heterocycles. The molecule has 294 valence electrons. The van der Waals surface area contributed by atoms with Crippen molar-refractivity contribution in [1.29, 1.82) is 0 Å². The number of aromatic amines is 2. The zero-order valence-electron chi connectivity index (χ0n) is 32.5. The molecule has 16 heteroatoms. The molecule has 0 bridgehead atoms. The quantitative estimate of drug-likeness (QED) is 0.221. The molecule has 4 atom stereocenters. The van der Waals surface area contributed by atoms with Crippen LogP contribution in [0.2, 0.25) is 0 Å². The average Bonchev–Trinajstić information content (AvgIpc) is 4.04. The lowest BCUT2D eigenvalue weighted by Crippen LogP contribution is -2.53. The van der Waals surface area contributed by atoms with Crippen LogP contribution in [-0.2, 0) is 19.1 Å². The molecule has 4 N–H and O–H groups in total. The maximum Gasteiger partial charge on any atom is 0.407 e. The van der Waals surface area contributed by atoms with Gasteiger partial charge in [0.05, 0.1) is 55.8 Å². The predicted molar refractivity (Wildman–Crippen MR) is 211 cm³/mol. The lowest BCUT2D eigenvalue weighted by molar-refractivity contribution is -0.135. The number of allylic oxidation sites excluding steroid dienone is 1. The van der Waals surface area contributed by atoms with Gasteiger partial charge in [0.1, 0.15) is 23.6 Å². The largest absolute Gasteiger partial charge is 0.453 e. The molecule has 56 heavy (non-hydrogen) atoms. The summed E-state index contributed by atoms with van der Waals surface area (Å²) in [6.07, 6.45) is 9.10. The Balaban J connectivity index is 1.05. The third-order valence-electron chi connectivity index (χ3n) is 10.8. The van der Waals surface area contributed by atoms with Crippen LogP contribution in [0.25, 0.3) is 28.2 Å². The minimum atomic E-state index is -0.722. The molecule has 3 aromatic rings. The zero-order valence-corrected chi connectivity index (χ0v) is 32.5. The molecule has 4 amide bonds. The molecule has 6 heterocycles. The first-order chi connectivity index (χ1) is 27.0. The van der Waals surface area contributed by atoms with Crippen molar-refractivity contribution in [2.75, 3.05) is 27.3 Å². The van der Waals surface area contributed by atoms with Crippen LogP contribution in [0.1, 0.15) is 76.4 Å². The molecule has 7 rings (SSSR count). The molecule has 2 unspecified atom stereocenters. The number of nitrogens with one attached hydrogen (secondary N) is 4. The fourth-order valence-corrected chi connectivity index (χ4v) is 7.83. The second kappa shape index (κ2) is 16.0. The smallest absolute Gasteiger partial charge is 0.407 e. The number of rotatable bonds is 10. The van der Waals surface area contributed by atoms with Crippen molar-refractivity contribution in [3.8, 4) is 22.5 Å². The minimum Gasteiger partial charge on any atom is -0.453 e. The lowest BCUT2D eigenvalue weighted by atomic mass is 10.0. The number of likely N-dealkylation sites (tertiary alicyclic amines) is 2. The van der Waals surface area contributed by atoms with E-state index in [1.165, 1.54) is 14.2 Å². The van der Waals surface area contributed by atoms with Crippen LogP contribution in [0.15, 0.2) is 57.3 Å². The Bertz CT molecular complexity index is 2130. The molecule has 0 radical (unpaired) electrons. The number of ether oxygens (including phenoxy) is 2. The lowest BCUT2D eigenvalue weighted by Gasteiger charge is -2.30. The number of H-pyrrole nitrogens is 2. The van der Waals surface area contributed by atoms with Crippen LogP contribution >= 0.6 is 0 Å². The molecule has 0 aliphatic carbocycles. The Morgan fingerprint density at radius 3 is 2.00 bits per heavy atom. The SMILES string of the molecule is COC(=O)N[C@H](C(=O)N1CCCC1C1=NC(=C2N=Cc3c2c[nH]c3-c2ccc(-c3cnc(C4CCCN4C(=O)[C@@H](NC(=O)OC)C(C)C)[nH]3)cc2)C=N1)C(C)C. The maximum atomic E-state index is 13.6. The Morgan fingerprint density at radius 2 is 1.39 bits per heavy atom. The molecule has 0 spiro atoms. The van der Waals surface area contributed by atoms with E-state index in [-0.39, 0.29) is 35.7 Å². The molecule has 0 saturated carbocycles. The summed E-state index contributed by atoms with van der Waals surface area (Å²) in [5.74, 6) is 0.684. The summed E-state index contributed by atoms with van der Waals surface area (Å²) >= 11 is 0. The summed E-state index contributed by atoms with van der Waals surface area (Å²) in [7, 11) is 2.56. The second-order valence-electron chi connectivity index (χ2n) is 15.1. The summed E-state index contributed by atoms with van der Waals surface area (Å²) in [5, 5.41) is 5.37. The number of amidine groups is 1. The highest BCUT2D eigenvalue weighted by molar-refractivity contribution is 6.12. The first-order valence-corrected chi connectivity index (χ1v) is 19.1. The first-order valence-electron chi connectivity index (χ1n) is 19.1. The van der Waals surface area contributed by atoms with E-state index in [1.54, 1.807) is 22.2 Å². The van der Waals surface area contributed by atoms with Crippen molar-refractivity contribution in [3.05, 3.63) is 59.3 Å². The van der Waals surface area contributed by atoms with Gasteiger partial charge in [0.15, 0.2) is 5.84 Å². The van der Waals surface area contributed by atoms with Gasteiger partial charge in [-0.25, -0.2) is 24.6 Å². The fourth-order valence-electron chi connectivity index (χ4n) is 7.83. The van der Waals surface area contributed by atoms with Crippen LogP contribution < -0.4 is 10.6 Å². The van der Waals surface area contributed by atoms with Crippen molar-refractivity contribution in [3.63, 3.8) is 0 Å². The number of fused-ring (bicyclic) bond motifs is 1. The van der Waals surface area contributed by atoms with E-state index >= 15 is 0 Å². The number of amides is 4. The molecule has 2 aromatic heterocycles. The number of hydrogen-bond acceptors (Lipinski definition) is 10. The average molecular weight is 765 g/mol. The normalized spacial score (nSPS) is 21.1. The summed E-state index contributed by atoms with van der Waals surface area (Å²) in [4.78, 5) is 80.4. The van der Waals surface area contributed by atoms with Crippen molar-refractivity contribution in [1.82, 2.24) is 35.4 Å².